The predicted octanol–water partition coefficient (Wildman–Crippen LogP) is 6.63. The normalized spacial score (nSPS) is 13.3. The first-order valence-corrected chi connectivity index (χ1v) is 10.7. The molecule has 4 aromatic rings. The predicted molar refractivity (Wildman–Crippen MR) is 115 cm³/mol. The van der Waals surface area contributed by atoms with Gasteiger partial charge in [0.2, 0.25) is 0 Å². The Balaban J connectivity index is 1.73. The first-order chi connectivity index (χ1) is 18.7. The molecule has 0 aliphatic heterocycles. The molecule has 0 atom stereocenters. The molecule has 0 saturated carbocycles. The molecule has 0 radical (unpaired) electrons. The highest BCUT2D eigenvalue weighted by Crippen LogP contribution is 2.54. The Labute approximate surface area is 215 Å². The summed E-state index contributed by atoms with van der Waals surface area (Å²) < 4.78 is 178. The third-order valence-corrected chi connectivity index (χ3v) is 6.20. The van der Waals surface area contributed by atoms with Gasteiger partial charge >= 0.3 is 13.0 Å². The van der Waals surface area contributed by atoms with Gasteiger partial charge in [0, 0.05) is 33.3 Å². The molecule has 0 spiro atoms. The highest BCUT2D eigenvalue weighted by molar-refractivity contribution is 6.61. The van der Waals surface area contributed by atoms with E-state index in [9.17, 15) is 48.9 Å². The van der Waals surface area contributed by atoms with E-state index in [-0.39, 0.29) is 0 Å². The average Bonchev–Trinajstić information content (AvgIpc) is 3.16. The number of fused-ring (bicyclic) bond motifs is 3. The summed E-state index contributed by atoms with van der Waals surface area (Å²) in [5.41, 5.74) is -11.4. The molecule has 15 heteroatoms. The highest BCUT2D eigenvalue weighted by Gasteiger charge is 2.56. The lowest BCUT2D eigenvalue weighted by Gasteiger charge is -2.21. The largest absolute Gasteiger partial charge is 0.563 e. The van der Waals surface area contributed by atoms with Gasteiger partial charge in [0.15, 0.2) is 58.2 Å². The molecule has 5 rings (SSSR count). The van der Waals surface area contributed by atoms with Crippen molar-refractivity contribution in [2.24, 2.45) is 0 Å². The van der Waals surface area contributed by atoms with Crippen LogP contribution in [0.5, 0.6) is 5.75 Å². The molecule has 2 nitrogen and oxygen atoms in total. The average molecular weight is 578 g/mol. The topological polar surface area (TPSA) is 29.5 Å². The van der Waals surface area contributed by atoms with Crippen molar-refractivity contribution in [1.82, 2.24) is 0 Å². The molecule has 0 heterocycles. The van der Waals surface area contributed by atoms with Gasteiger partial charge in [-0.3, -0.25) is 0 Å². The van der Waals surface area contributed by atoms with Crippen LogP contribution in [0.15, 0.2) is 36.4 Å². The molecule has 4 aromatic carbocycles. The van der Waals surface area contributed by atoms with E-state index in [1.807, 2.05) is 0 Å². The van der Waals surface area contributed by atoms with Crippen LogP contribution >= 0.6 is 0 Å². The Bertz CT molecular complexity index is 1740. The Morgan fingerprint density at radius 1 is 0.550 bits per heavy atom. The SMILES string of the molecule is OB(Oc1ccccc1-c1ccc(F)c(F)c1F)c1c(F)c(F)c(F)c2c1C(F)(F)c1c(F)c(F)c(F)c(F)c1-2. The van der Waals surface area contributed by atoms with Crippen molar-refractivity contribution in [3.05, 3.63) is 106 Å². The van der Waals surface area contributed by atoms with Crippen LogP contribution in [0, 0.1) is 58.2 Å². The summed E-state index contributed by atoms with van der Waals surface area (Å²) in [5.74, 6) is -29.4. The minimum Gasteiger partial charge on any atom is -0.532 e. The summed E-state index contributed by atoms with van der Waals surface area (Å²) in [4.78, 5) is 0. The second kappa shape index (κ2) is 9.22. The van der Waals surface area contributed by atoms with Crippen molar-refractivity contribution in [1.29, 1.82) is 0 Å². The Morgan fingerprint density at radius 2 is 1.10 bits per heavy atom. The molecule has 40 heavy (non-hydrogen) atoms. The molecule has 1 aliphatic carbocycles. The van der Waals surface area contributed by atoms with Crippen molar-refractivity contribution in [3.63, 3.8) is 0 Å². The quantitative estimate of drug-likeness (QED) is 0.128. The second-order valence-electron chi connectivity index (χ2n) is 8.38. The minimum atomic E-state index is -5.09. The maximum atomic E-state index is 15.4. The van der Waals surface area contributed by atoms with Gasteiger partial charge in [-0.05, 0) is 18.2 Å². The Hall–Kier alpha value is -4.14. The first-order valence-electron chi connectivity index (χ1n) is 10.7. The van der Waals surface area contributed by atoms with E-state index in [1.165, 1.54) is 6.07 Å². The molecule has 0 bridgehead atoms. The zero-order chi connectivity index (χ0) is 29.4. The van der Waals surface area contributed by atoms with Crippen LogP contribution in [0.3, 0.4) is 0 Å². The summed E-state index contributed by atoms with van der Waals surface area (Å²) in [6.45, 7) is 0. The lowest BCUT2D eigenvalue weighted by atomic mass is 9.73. The van der Waals surface area contributed by atoms with E-state index in [0.717, 1.165) is 24.3 Å². The molecular formula is C25H7BF12O2. The van der Waals surface area contributed by atoms with Crippen LogP contribution in [-0.4, -0.2) is 12.1 Å². The number of benzene rings is 4. The van der Waals surface area contributed by atoms with Crippen LogP contribution in [0.2, 0.25) is 0 Å². The van der Waals surface area contributed by atoms with Gasteiger partial charge in [-0.25, -0.2) is 43.9 Å². The monoisotopic (exact) mass is 578 g/mol. The van der Waals surface area contributed by atoms with Gasteiger partial charge in [0.25, 0.3) is 0 Å². The van der Waals surface area contributed by atoms with Crippen LogP contribution in [0.25, 0.3) is 22.3 Å². The standard InChI is InChI=1S/C25H7BF12O2/c27-9-6-5-8(16(28)17(9)29)7-3-1-2-4-10(7)40-26(39)15-13-11(18(30)22(34)21(15)33)12-14(25(13,37)38)20(32)24(36)23(35)19(12)31/h1-6,39H. The van der Waals surface area contributed by atoms with E-state index in [1.54, 1.807) is 0 Å². The smallest absolute Gasteiger partial charge is 0.532 e. The Morgan fingerprint density at radius 3 is 1.75 bits per heavy atom. The van der Waals surface area contributed by atoms with Gasteiger partial charge in [-0.15, -0.1) is 0 Å². The number of hydrogen-bond acceptors (Lipinski definition) is 2. The molecule has 0 aromatic heterocycles. The maximum Gasteiger partial charge on any atom is 0.563 e. The summed E-state index contributed by atoms with van der Waals surface area (Å²) in [7, 11) is -3.08. The number of para-hydroxylation sites is 1. The summed E-state index contributed by atoms with van der Waals surface area (Å²) in [6, 6.07) is 5.46. The van der Waals surface area contributed by atoms with Crippen molar-refractivity contribution < 1.29 is 62.4 Å². The van der Waals surface area contributed by atoms with E-state index in [0.29, 0.717) is 6.07 Å². The lowest BCUT2D eigenvalue weighted by Crippen LogP contribution is -2.44. The van der Waals surface area contributed by atoms with E-state index in [2.05, 4.69) is 0 Å². The minimum absolute atomic E-state index is 0.478. The zero-order valence-corrected chi connectivity index (χ0v) is 18.9. The molecule has 206 valence electrons. The fourth-order valence-electron chi connectivity index (χ4n) is 4.46. The third kappa shape index (κ3) is 3.67. The van der Waals surface area contributed by atoms with Gasteiger partial charge in [-0.1, -0.05) is 18.2 Å². The van der Waals surface area contributed by atoms with Crippen LogP contribution in [-0.2, 0) is 5.92 Å². The Kier molecular flexibility index (Phi) is 6.32. The lowest BCUT2D eigenvalue weighted by molar-refractivity contribution is 0.0432. The zero-order valence-electron chi connectivity index (χ0n) is 18.9. The van der Waals surface area contributed by atoms with Crippen LogP contribution in [0.4, 0.5) is 52.7 Å². The second-order valence-corrected chi connectivity index (χ2v) is 8.38. The molecule has 1 N–H and O–H groups in total. The van der Waals surface area contributed by atoms with Gasteiger partial charge in [0.1, 0.15) is 5.75 Å². The van der Waals surface area contributed by atoms with E-state index < -0.39 is 116 Å². The van der Waals surface area contributed by atoms with Crippen molar-refractivity contribution in [3.8, 4) is 28.0 Å². The van der Waals surface area contributed by atoms with E-state index in [4.69, 9.17) is 4.65 Å². The van der Waals surface area contributed by atoms with Crippen LogP contribution in [0.1, 0.15) is 11.1 Å². The van der Waals surface area contributed by atoms with Crippen molar-refractivity contribution in [2.45, 2.75) is 5.92 Å². The molecular weight excluding hydrogens is 571 g/mol. The van der Waals surface area contributed by atoms with Gasteiger partial charge in [0.05, 0.1) is 5.56 Å². The fraction of sp³-hybridized carbons (Fsp3) is 0.0400. The van der Waals surface area contributed by atoms with E-state index >= 15 is 8.78 Å². The molecule has 0 amide bonds. The summed E-state index contributed by atoms with van der Waals surface area (Å²) in [6.07, 6.45) is 0. The molecule has 0 unspecified atom stereocenters. The fourth-order valence-corrected chi connectivity index (χ4v) is 4.46. The maximum absolute atomic E-state index is 15.4. The number of halogens is 12. The number of alkyl halides is 2. The first kappa shape index (κ1) is 27.4. The third-order valence-electron chi connectivity index (χ3n) is 6.20. The summed E-state index contributed by atoms with van der Waals surface area (Å²) >= 11 is 0. The van der Waals surface area contributed by atoms with Crippen molar-refractivity contribution >= 4 is 12.6 Å². The molecule has 1 aliphatic rings. The molecule has 0 fully saturated rings. The van der Waals surface area contributed by atoms with Gasteiger partial charge < -0.3 is 9.68 Å². The number of rotatable bonds is 4. The number of hydrogen-bond donors (Lipinski definition) is 1. The van der Waals surface area contributed by atoms with Crippen molar-refractivity contribution in [2.75, 3.05) is 0 Å². The molecule has 0 saturated heterocycles. The van der Waals surface area contributed by atoms with Gasteiger partial charge in [-0.2, -0.15) is 8.78 Å². The summed E-state index contributed by atoms with van der Waals surface area (Å²) in [5, 5.41) is 10.6. The van der Waals surface area contributed by atoms with Crippen LogP contribution < -0.4 is 10.1 Å². The highest BCUT2D eigenvalue weighted by atomic mass is 19.3.